The van der Waals surface area contributed by atoms with Gasteiger partial charge >= 0.3 is 7.12 Å². The molecule has 78 valence electrons. The van der Waals surface area contributed by atoms with Crippen molar-refractivity contribution in [1.29, 1.82) is 0 Å². The van der Waals surface area contributed by atoms with Crippen LogP contribution in [0.25, 0.3) is 0 Å². The van der Waals surface area contributed by atoms with Crippen molar-refractivity contribution in [3.8, 4) is 0 Å². The van der Waals surface area contributed by atoms with E-state index >= 15 is 0 Å². The highest BCUT2D eigenvalue weighted by atomic mass is 16.4. The zero-order chi connectivity index (χ0) is 10.8. The summed E-state index contributed by atoms with van der Waals surface area (Å²) in [7, 11) is -1.49. The molecule has 0 aromatic heterocycles. The fourth-order valence-electron chi connectivity index (χ4n) is 1.97. The molecule has 4 heteroatoms. The molecule has 0 amide bonds. The van der Waals surface area contributed by atoms with E-state index in [9.17, 15) is 4.79 Å². The van der Waals surface area contributed by atoms with Gasteiger partial charge in [0.25, 0.3) is 0 Å². The third-order valence-electron chi connectivity index (χ3n) is 2.83. The summed E-state index contributed by atoms with van der Waals surface area (Å²) < 4.78 is 0. The van der Waals surface area contributed by atoms with Crippen LogP contribution in [0.2, 0.25) is 0 Å². The van der Waals surface area contributed by atoms with Gasteiger partial charge in [-0.1, -0.05) is 18.2 Å². The van der Waals surface area contributed by atoms with Gasteiger partial charge in [-0.05, 0) is 30.3 Å². The first-order chi connectivity index (χ1) is 7.18. The molecule has 0 bridgehead atoms. The summed E-state index contributed by atoms with van der Waals surface area (Å²) >= 11 is 0. The number of fused-ring (bicyclic) bond motifs is 1. The maximum atomic E-state index is 11.7. The first-order valence-electron chi connectivity index (χ1n) is 5.20. The molecule has 0 fully saturated rings. The molecule has 0 heterocycles. The van der Waals surface area contributed by atoms with Crippen LogP contribution in [0, 0.1) is 0 Å². The normalized spacial score (nSPS) is 15.7. The molecule has 0 saturated heterocycles. The van der Waals surface area contributed by atoms with Crippen molar-refractivity contribution in [2.75, 3.05) is 0 Å². The van der Waals surface area contributed by atoms with Crippen LogP contribution in [-0.2, 0) is 6.42 Å². The van der Waals surface area contributed by atoms with E-state index < -0.39 is 7.12 Å². The van der Waals surface area contributed by atoms with E-state index in [0.717, 1.165) is 24.8 Å². The van der Waals surface area contributed by atoms with E-state index in [4.69, 9.17) is 10.0 Å². The molecule has 1 aliphatic rings. The lowest BCUT2D eigenvalue weighted by Crippen LogP contribution is -2.30. The van der Waals surface area contributed by atoms with Gasteiger partial charge in [0.1, 0.15) is 0 Å². The highest BCUT2D eigenvalue weighted by Crippen LogP contribution is 2.19. The predicted octanol–water partition coefficient (Wildman–Crippen LogP) is 0.276. The molecule has 1 aromatic rings. The molecule has 2 N–H and O–H groups in total. The van der Waals surface area contributed by atoms with Gasteiger partial charge in [-0.2, -0.15) is 0 Å². The summed E-state index contributed by atoms with van der Waals surface area (Å²) in [6.07, 6.45) is 3.42. The fraction of sp³-hybridized carbons (Fsp3) is 0.364. The van der Waals surface area contributed by atoms with Crippen molar-refractivity contribution in [3.63, 3.8) is 0 Å². The molecule has 1 aliphatic carbocycles. The molecule has 15 heavy (non-hydrogen) atoms. The van der Waals surface area contributed by atoms with Gasteiger partial charge in [-0.15, -0.1) is 0 Å². The first kappa shape index (κ1) is 10.4. The Balaban J connectivity index is 2.44. The zero-order valence-corrected chi connectivity index (χ0v) is 8.44. The van der Waals surface area contributed by atoms with Crippen molar-refractivity contribution >= 4 is 18.4 Å². The number of carbonyl (C=O) groups excluding carboxylic acids is 1. The van der Waals surface area contributed by atoms with Crippen LogP contribution in [-0.4, -0.2) is 22.9 Å². The third kappa shape index (κ3) is 2.11. The highest BCUT2D eigenvalue weighted by Gasteiger charge is 2.19. The highest BCUT2D eigenvalue weighted by molar-refractivity contribution is 6.58. The molecule has 0 saturated carbocycles. The lowest BCUT2D eigenvalue weighted by Gasteiger charge is -2.07. The summed E-state index contributed by atoms with van der Waals surface area (Å²) in [5, 5.41) is 18.1. The van der Waals surface area contributed by atoms with Gasteiger partial charge in [0.2, 0.25) is 0 Å². The van der Waals surface area contributed by atoms with Crippen molar-refractivity contribution in [1.82, 2.24) is 0 Å². The van der Waals surface area contributed by atoms with Gasteiger partial charge in [-0.3, -0.25) is 4.79 Å². The minimum atomic E-state index is -1.49. The number of hydrogen-bond acceptors (Lipinski definition) is 3. The van der Waals surface area contributed by atoms with Crippen LogP contribution < -0.4 is 5.46 Å². The minimum absolute atomic E-state index is 0.116. The third-order valence-corrected chi connectivity index (χ3v) is 2.83. The van der Waals surface area contributed by atoms with E-state index in [1.165, 1.54) is 0 Å². The Morgan fingerprint density at radius 2 is 1.87 bits per heavy atom. The topological polar surface area (TPSA) is 57.5 Å². The van der Waals surface area contributed by atoms with Gasteiger partial charge in [0, 0.05) is 12.0 Å². The Bertz CT molecular complexity index is 387. The van der Waals surface area contributed by atoms with Crippen LogP contribution in [0.3, 0.4) is 0 Å². The van der Waals surface area contributed by atoms with E-state index in [0.29, 0.717) is 17.4 Å². The number of Topliss-reactive ketones (excluding diaryl/α,β-unsaturated/α-hetero) is 1. The Labute approximate surface area is 88.9 Å². The van der Waals surface area contributed by atoms with Crippen molar-refractivity contribution in [2.45, 2.75) is 25.7 Å². The largest absolute Gasteiger partial charge is 0.488 e. The number of rotatable bonds is 1. The smallest absolute Gasteiger partial charge is 0.423 e. The molecule has 0 atom stereocenters. The standard InChI is InChI=1S/C11H13BO3/c13-11-4-2-1-3-8-5-6-9(12(14)15)7-10(8)11/h5-7,14-15H,1-4H2. The molecule has 1 aromatic carbocycles. The van der Waals surface area contributed by atoms with Crippen molar-refractivity contribution in [3.05, 3.63) is 29.3 Å². The van der Waals surface area contributed by atoms with E-state index in [-0.39, 0.29) is 5.78 Å². The second kappa shape index (κ2) is 4.17. The van der Waals surface area contributed by atoms with Gasteiger partial charge in [0.05, 0.1) is 0 Å². The maximum Gasteiger partial charge on any atom is 0.488 e. The van der Waals surface area contributed by atoms with Crippen LogP contribution in [0.4, 0.5) is 0 Å². The Morgan fingerprint density at radius 1 is 1.13 bits per heavy atom. The molecule has 0 spiro atoms. The first-order valence-corrected chi connectivity index (χ1v) is 5.20. The maximum absolute atomic E-state index is 11.7. The molecule has 0 unspecified atom stereocenters. The molecular formula is C11H13BO3. The molecular weight excluding hydrogens is 191 g/mol. The number of carbonyl (C=O) groups is 1. The predicted molar refractivity (Wildman–Crippen MR) is 58.2 cm³/mol. The summed E-state index contributed by atoms with van der Waals surface area (Å²) in [5.74, 6) is 0.116. The number of benzene rings is 1. The lowest BCUT2D eigenvalue weighted by atomic mass is 9.78. The second-order valence-electron chi connectivity index (χ2n) is 3.92. The Hall–Kier alpha value is -1.13. The second-order valence-corrected chi connectivity index (χ2v) is 3.92. The number of hydrogen-bond donors (Lipinski definition) is 2. The van der Waals surface area contributed by atoms with Crippen LogP contribution in [0.5, 0.6) is 0 Å². The van der Waals surface area contributed by atoms with Crippen molar-refractivity contribution < 1.29 is 14.8 Å². The number of ketones is 1. The molecule has 0 aliphatic heterocycles. The van der Waals surface area contributed by atoms with Crippen LogP contribution in [0.1, 0.15) is 35.2 Å². The molecule has 3 nitrogen and oxygen atoms in total. The summed E-state index contributed by atoms with van der Waals surface area (Å²) in [5.41, 5.74) is 2.09. The van der Waals surface area contributed by atoms with Crippen LogP contribution >= 0.6 is 0 Å². The van der Waals surface area contributed by atoms with Gasteiger partial charge < -0.3 is 10.0 Å². The molecule has 0 radical (unpaired) electrons. The Morgan fingerprint density at radius 3 is 2.60 bits per heavy atom. The van der Waals surface area contributed by atoms with Crippen molar-refractivity contribution in [2.24, 2.45) is 0 Å². The molecule has 2 rings (SSSR count). The summed E-state index contributed by atoms with van der Waals surface area (Å²) in [6.45, 7) is 0. The summed E-state index contributed by atoms with van der Waals surface area (Å²) in [6, 6.07) is 5.10. The summed E-state index contributed by atoms with van der Waals surface area (Å²) in [4.78, 5) is 11.7. The number of aryl methyl sites for hydroxylation is 1. The van der Waals surface area contributed by atoms with Gasteiger partial charge in [0.15, 0.2) is 5.78 Å². The zero-order valence-electron chi connectivity index (χ0n) is 8.44. The quantitative estimate of drug-likeness (QED) is 0.510. The van der Waals surface area contributed by atoms with Crippen LogP contribution in [0.15, 0.2) is 18.2 Å². The van der Waals surface area contributed by atoms with E-state index in [1.807, 2.05) is 6.07 Å². The minimum Gasteiger partial charge on any atom is -0.423 e. The van der Waals surface area contributed by atoms with Gasteiger partial charge in [-0.25, -0.2) is 0 Å². The monoisotopic (exact) mass is 204 g/mol. The SMILES string of the molecule is O=C1CCCCc2ccc(B(O)O)cc21. The average molecular weight is 204 g/mol. The Kier molecular flexibility index (Phi) is 2.89. The van der Waals surface area contributed by atoms with E-state index in [1.54, 1.807) is 12.1 Å². The lowest BCUT2D eigenvalue weighted by molar-refractivity contribution is 0.0982. The van der Waals surface area contributed by atoms with E-state index in [2.05, 4.69) is 0 Å². The average Bonchev–Trinajstić information content (AvgIpc) is 2.40. The fourth-order valence-corrected chi connectivity index (χ4v) is 1.97.